The number of fused-ring (bicyclic) bond motifs is 1. The minimum absolute atomic E-state index is 0.0777. The van der Waals surface area contributed by atoms with Crippen LogP contribution in [0.1, 0.15) is 24.8 Å². The molecule has 0 bridgehead atoms. The van der Waals surface area contributed by atoms with E-state index in [0.717, 1.165) is 28.4 Å². The van der Waals surface area contributed by atoms with E-state index in [1.807, 2.05) is 72.8 Å². The molecule has 3 aromatic carbocycles. The third kappa shape index (κ3) is 7.04. The number of carboxylic acids is 1. The topological polar surface area (TPSA) is 122 Å². The van der Waals surface area contributed by atoms with E-state index >= 15 is 0 Å². The molecule has 0 aliphatic heterocycles. The summed E-state index contributed by atoms with van der Waals surface area (Å²) in [5.74, 6) is -1.42. The molecule has 6 N–H and O–H groups in total. The molecule has 0 aromatic heterocycles. The van der Waals surface area contributed by atoms with Crippen molar-refractivity contribution >= 4 is 28.3 Å². The van der Waals surface area contributed by atoms with Gasteiger partial charge in [0.2, 0.25) is 5.91 Å². The summed E-state index contributed by atoms with van der Waals surface area (Å²) < 4.78 is 0. The van der Waals surface area contributed by atoms with E-state index in [1.165, 1.54) is 4.90 Å². The average Bonchev–Trinajstić information content (AvgIpc) is 2.86. The molecule has 34 heavy (non-hydrogen) atoms. The van der Waals surface area contributed by atoms with Crippen LogP contribution in [0.5, 0.6) is 0 Å². The number of nitrogens with one attached hydrogen (secondary N) is 1. The Morgan fingerprint density at radius 3 is 2.35 bits per heavy atom. The number of carbonyl (C=O) groups is 2. The zero-order chi connectivity index (χ0) is 24.3. The van der Waals surface area contributed by atoms with Gasteiger partial charge in [-0.15, -0.1) is 0 Å². The van der Waals surface area contributed by atoms with Gasteiger partial charge in [0, 0.05) is 18.8 Å². The van der Waals surface area contributed by atoms with Crippen LogP contribution in [0.15, 0.2) is 72.8 Å². The van der Waals surface area contributed by atoms with Crippen molar-refractivity contribution in [2.24, 2.45) is 11.5 Å². The van der Waals surface area contributed by atoms with Gasteiger partial charge in [0.1, 0.15) is 6.04 Å². The molecule has 0 fully saturated rings. The van der Waals surface area contributed by atoms with Crippen LogP contribution in [-0.2, 0) is 16.0 Å². The molecule has 1 amide bonds. The smallest absolute Gasteiger partial charge is 0.328 e. The van der Waals surface area contributed by atoms with Crippen LogP contribution in [-0.4, -0.2) is 53.6 Å². The fourth-order valence-electron chi connectivity index (χ4n) is 4.04. The third-order valence-electron chi connectivity index (χ3n) is 5.94. The molecule has 7 heteroatoms. The summed E-state index contributed by atoms with van der Waals surface area (Å²) in [6.45, 7) is 0.815. The van der Waals surface area contributed by atoms with Gasteiger partial charge < -0.3 is 26.8 Å². The van der Waals surface area contributed by atoms with Crippen LogP contribution in [0.4, 0.5) is 5.69 Å². The summed E-state index contributed by atoms with van der Waals surface area (Å²) in [6, 6.07) is 22.0. The Morgan fingerprint density at radius 1 is 0.941 bits per heavy atom. The van der Waals surface area contributed by atoms with E-state index in [2.05, 4.69) is 5.32 Å². The van der Waals surface area contributed by atoms with Gasteiger partial charge in [-0.2, -0.15) is 0 Å². The highest BCUT2D eigenvalue weighted by atomic mass is 16.4. The number of anilines is 1. The Morgan fingerprint density at radius 2 is 1.65 bits per heavy atom. The number of hydrogen-bond donors (Lipinski definition) is 4. The quantitative estimate of drug-likeness (QED) is 0.309. The lowest BCUT2D eigenvalue weighted by Gasteiger charge is -2.31. The first kappa shape index (κ1) is 25.2. The van der Waals surface area contributed by atoms with Gasteiger partial charge >= 0.3 is 5.97 Å². The minimum Gasteiger partial charge on any atom is -0.480 e. The molecule has 0 heterocycles. The highest BCUT2D eigenvalue weighted by Gasteiger charge is 2.32. The molecule has 0 saturated carbocycles. The number of amides is 1. The largest absolute Gasteiger partial charge is 0.480 e. The summed E-state index contributed by atoms with van der Waals surface area (Å²) in [7, 11) is 0. The van der Waals surface area contributed by atoms with Crippen molar-refractivity contribution < 1.29 is 14.7 Å². The van der Waals surface area contributed by atoms with Crippen molar-refractivity contribution in [1.29, 1.82) is 0 Å². The van der Waals surface area contributed by atoms with Gasteiger partial charge in [0.25, 0.3) is 0 Å². The highest BCUT2D eigenvalue weighted by Crippen LogP contribution is 2.19. The van der Waals surface area contributed by atoms with Crippen LogP contribution in [0, 0.1) is 0 Å². The van der Waals surface area contributed by atoms with Gasteiger partial charge in [-0.1, -0.05) is 60.7 Å². The van der Waals surface area contributed by atoms with Crippen LogP contribution >= 0.6 is 0 Å². The van der Waals surface area contributed by atoms with Crippen LogP contribution in [0.25, 0.3) is 10.8 Å². The molecule has 3 aromatic rings. The number of benzene rings is 3. The summed E-state index contributed by atoms with van der Waals surface area (Å²) in [5.41, 5.74) is 13.6. The molecule has 0 aliphatic rings. The molecule has 0 spiro atoms. The molecule has 7 nitrogen and oxygen atoms in total. The molecule has 180 valence electrons. The van der Waals surface area contributed by atoms with Gasteiger partial charge in [0.15, 0.2) is 0 Å². The number of nitrogens with zero attached hydrogens (tertiary/aromatic N) is 1. The van der Waals surface area contributed by atoms with Crippen molar-refractivity contribution in [1.82, 2.24) is 4.90 Å². The number of aryl methyl sites for hydroxylation is 1. The van der Waals surface area contributed by atoms with Crippen molar-refractivity contribution in [3.63, 3.8) is 0 Å². The van der Waals surface area contributed by atoms with Gasteiger partial charge in [-0.25, -0.2) is 4.79 Å². The Bertz CT molecular complexity index is 1070. The van der Waals surface area contributed by atoms with E-state index in [1.54, 1.807) is 0 Å². The van der Waals surface area contributed by atoms with Crippen molar-refractivity contribution in [3.05, 3.63) is 78.4 Å². The zero-order valence-electron chi connectivity index (χ0n) is 19.4. The normalized spacial score (nSPS) is 12.8. The highest BCUT2D eigenvalue weighted by molar-refractivity contribution is 5.88. The number of nitrogens with two attached hydrogens (primary N) is 2. The number of carboxylic acid groups (broad SMARTS) is 1. The lowest BCUT2D eigenvalue weighted by atomic mass is 10.1. The van der Waals surface area contributed by atoms with E-state index < -0.39 is 18.1 Å². The fourth-order valence-corrected chi connectivity index (χ4v) is 4.04. The fraction of sp³-hybridized carbons (Fsp3) is 0.333. The molecular formula is C27H34N4O3. The second-order valence-corrected chi connectivity index (χ2v) is 8.46. The van der Waals surface area contributed by atoms with E-state index in [-0.39, 0.29) is 12.5 Å². The number of rotatable bonds is 13. The maximum absolute atomic E-state index is 13.2. The molecular weight excluding hydrogens is 428 g/mol. The SMILES string of the molecule is NCCC[C@@H](N)C(=O)N(CCCc1ccccc1)[C@@H](CNc1ccc2ccccc2c1)C(=O)O. The van der Waals surface area contributed by atoms with Gasteiger partial charge in [0.05, 0.1) is 6.04 Å². The maximum atomic E-state index is 13.2. The third-order valence-corrected chi connectivity index (χ3v) is 5.94. The monoisotopic (exact) mass is 462 g/mol. The molecule has 0 unspecified atom stereocenters. The molecule has 0 saturated heterocycles. The first-order valence-corrected chi connectivity index (χ1v) is 11.7. The van der Waals surface area contributed by atoms with Crippen LogP contribution in [0.2, 0.25) is 0 Å². The molecule has 2 atom stereocenters. The van der Waals surface area contributed by atoms with E-state index in [9.17, 15) is 14.7 Å². The summed E-state index contributed by atoms with van der Waals surface area (Å²) >= 11 is 0. The van der Waals surface area contributed by atoms with Crippen molar-refractivity contribution in [2.75, 3.05) is 25.0 Å². The Hall–Kier alpha value is -3.42. The zero-order valence-corrected chi connectivity index (χ0v) is 19.4. The number of hydrogen-bond acceptors (Lipinski definition) is 5. The summed E-state index contributed by atoms with van der Waals surface area (Å²) in [6.07, 6.45) is 2.42. The van der Waals surface area contributed by atoms with Crippen LogP contribution < -0.4 is 16.8 Å². The Kier molecular flexibility index (Phi) is 9.43. The Labute approximate surface area is 200 Å². The first-order chi connectivity index (χ1) is 16.5. The standard InChI is InChI=1S/C27H34N4O3/c28-16-6-13-24(29)26(32)31(17-7-10-20-8-2-1-3-9-20)25(27(33)34)19-30-23-15-14-21-11-4-5-12-22(21)18-23/h1-5,8-9,11-12,14-15,18,24-25,30H,6-7,10,13,16-17,19,28-29H2,(H,33,34)/t24-,25+/m1/s1. The predicted molar refractivity (Wildman–Crippen MR) is 137 cm³/mol. The minimum atomic E-state index is -1.06. The predicted octanol–water partition coefficient (Wildman–Crippen LogP) is 3.23. The van der Waals surface area contributed by atoms with Gasteiger partial charge in [-0.05, 0) is 60.7 Å². The molecule has 0 radical (unpaired) electrons. The molecule has 3 rings (SSSR count). The first-order valence-electron chi connectivity index (χ1n) is 11.7. The summed E-state index contributed by atoms with van der Waals surface area (Å²) in [4.78, 5) is 26.9. The van der Waals surface area contributed by atoms with Crippen molar-refractivity contribution in [2.45, 2.75) is 37.8 Å². The molecule has 0 aliphatic carbocycles. The maximum Gasteiger partial charge on any atom is 0.328 e. The number of aliphatic carboxylic acids is 1. The van der Waals surface area contributed by atoms with E-state index in [4.69, 9.17) is 11.5 Å². The second-order valence-electron chi connectivity index (χ2n) is 8.46. The van der Waals surface area contributed by atoms with Crippen LogP contribution in [0.3, 0.4) is 0 Å². The van der Waals surface area contributed by atoms with Gasteiger partial charge in [-0.3, -0.25) is 4.79 Å². The van der Waals surface area contributed by atoms with E-state index in [0.29, 0.717) is 32.4 Å². The summed E-state index contributed by atoms with van der Waals surface area (Å²) in [5, 5.41) is 15.4. The Balaban J connectivity index is 1.73. The lowest BCUT2D eigenvalue weighted by molar-refractivity contribution is -0.150. The number of carbonyl (C=O) groups excluding carboxylic acids is 1. The average molecular weight is 463 g/mol. The van der Waals surface area contributed by atoms with Crippen molar-refractivity contribution in [3.8, 4) is 0 Å². The second kappa shape index (κ2) is 12.7. The lowest BCUT2D eigenvalue weighted by Crippen LogP contribution is -2.54.